The van der Waals surface area contributed by atoms with Crippen molar-refractivity contribution in [1.82, 2.24) is 5.32 Å². The van der Waals surface area contributed by atoms with E-state index < -0.39 is 12.0 Å². The van der Waals surface area contributed by atoms with Crippen LogP contribution in [0.4, 0.5) is 0 Å². The van der Waals surface area contributed by atoms with Crippen LogP contribution < -0.4 is 14.8 Å². The normalized spacial score (nSPS) is 15.3. The first-order valence-electron chi connectivity index (χ1n) is 6.79. The Balaban J connectivity index is 2.23. The molecule has 1 unspecified atom stereocenters. The largest absolute Gasteiger partial charge is 0.497 e. The number of hydrogen-bond donors (Lipinski definition) is 2. The average Bonchev–Trinajstić information content (AvgIpc) is 3.28. The Morgan fingerprint density at radius 2 is 2.05 bits per heavy atom. The van der Waals surface area contributed by atoms with E-state index in [9.17, 15) is 9.59 Å². The lowest BCUT2D eigenvalue weighted by Crippen LogP contribution is -2.40. The molecule has 0 saturated heterocycles. The SMILES string of the molecule is COc1ccc(C(=O)C(CC(=O)O)NC2CC2)c(OC)c1. The summed E-state index contributed by atoms with van der Waals surface area (Å²) in [5, 5.41) is 12.1. The summed E-state index contributed by atoms with van der Waals surface area (Å²) in [6.07, 6.45) is 1.71. The van der Waals surface area contributed by atoms with E-state index in [0.29, 0.717) is 17.1 Å². The maximum absolute atomic E-state index is 12.6. The average molecular weight is 293 g/mol. The monoisotopic (exact) mass is 293 g/mol. The van der Waals surface area contributed by atoms with Gasteiger partial charge in [-0.05, 0) is 25.0 Å². The van der Waals surface area contributed by atoms with E-state index in [1.54, 1.807) is 18.2 Å². The van der Waals surface area contributed by atoms with Crippen molar-refractivity contribution in [3.63, 3.8) is 0 Å². The molecule has 6 heteroatoms. The van der Waals surface area contributed by atoms with Gasteiger partial charge in [0.15, 0.2) is 5.78 Å². The lowest BCUT2D eigenvalue weighted by molar-refractivity contribution is -0.137. The maximum Gasteiger partial charge on any atom is 0.305 e. The Labute approximate surface area is 123 Å². The third-order valence-corrected chi connectivity index (χ3v) is 3.38. The number of carbonyl (C=O) groups is 2. The van der Waals surface area contributed by atoms with Crippen LogP contribution in [0.5, 0.6) is 11.5 Å². The van der Waals surface area contributed by atoms with Gasteiger partial charge < -0.3 is 19.9 Å². The van der Waals surface area contributed by atoms with Crippen molar-refractivity contribution < 1.29 is 24.2 Å². The molecule has 2 rings (SSSR count). The standard InChI is InChI=1S/C15H19NO5/c1-20-10-5-6-11(13(7-10)21-2)15(19)12(8-14(17)18)16-9-3-4-9/h5-7,9,12,16H,3-4,8H2,1-2H3,(H,17,18). The molecule has 1 aromatic rings. The molecule has 0 spiro atoms. The number of aliphatic carboxylic acids is 1. The third-order valence-electron chi connectivity index (χ3n) is 3.38. The highest BCUT2D eigenvalue weighted by molar-refractivity contribution is 6.04. The molecule has 1 aliphatic carbocycles. The van der Waals surface area contributed by atoms with E-state index in [-0.39, 0.29) is 18.2 Å². The zero-order chi connectivity index (χ0) is 15.4. The van der Waals surface area contributed by atoms with Gasteiger partial charge in [0.05, 0.1) is 32.2 Å². The predicted molar refractivity (Wildman–Crippen MR) is 76.1 cm³/mol. The summed E-state index contributed by atoms with van der Waals surface area (Å²) in [4.78, 5) is 23.5. The van der Waals surface area contributed by atoms with Gasteiger partial charge in [0.25, 0.3) is 0 Å². The van der Waals surface area contributed by atoms with Gasteiger partial charge in [0, 0.05) is 12.1 Å². The number of benzene rings is 1. The Bertz CT molecular complexity index is 539. The highest BCUT2D eigenvalue weighted by Gasteiger charge is 2.31. The van der Waals surface area contributed by atoms with Crippen LogP contribution in [0.25, 0.3) is 0 Å². The minimum absolute atomic E-state index is 0.238. The minimum Gasteiger partial charge on any atom is -0.497 e. The smallest absolute Gasteiger partial charge is 0.305 e. The number of Topliss-reactive ketones (excluding diaryl/α,β-unsaturated/α-hetero) is 1. The van der Waals surface area contributed by atoms with Gasteiger partial charge in [-0.2, -0.15) is 0 Å². The molecule has 2 N–H and O–H groups in total. The second-order valence-corrected chi connectivity index (χ2v) is 5.02. The molecule has 1 saturated carbocycles. The van der Waals surface area contributed by atoms with Crippen molar-refractivity contribution in [3.05, 3.63) is 23.8 Å². The first-order chi connectivity index (χ1) is 10.0. The van der Waals surface area contributed by atoms with E-state index in [2.05, 4.69) is 5.32 Å². The van der Waals surface area contributed by atoms with Crippen LogP contribution >= 0.6 is 0 Å². The topological polar surface area (TPSA) is 84.9 Å². The summed E-state index contributed by atoms with van der Waals surface area (Å²) in [5.74, 6) is -0.321. The molecule has 0 radical (unpaired) electrons. The second-order valence-electron chi connectivity index (χ2n) is 5.02. The number of ether oxygens (including phenoxy) is 2. The van der Waals surface area contributed by atoms with Crippen molar-refractivity contribution in [2.24, 2.45) is 0 Å². The summed E-state index contributed by atoms with van der Waals surface area (Å²) in [5.41, 5.74) is 0.359. The molecule has 6 nitrogen and oxygen atoms in total. The van der Waals surface area contributed by atoms with Gasteiger partial charge in [-0.1, -0.05) is 0 Å². The van der Waals surface area contributed by atoms with Gasteiger partial charge in [-0.15, -0.1) is 0 Å². The van der Waals surface area contributed by atoms with Crippen LogP contribution in [-0.4, -0.2) is 43.2 Å². The Hall–Kier alpha value is -2.08. The predicted octanol–water partition coefficient (Wildman–Crippen LogP) is 1.48. The van der Waals surface area contributed by atoms with E-state index in [0.717, 1.165) is 12.8 Å². The van der Waals surface area contributed by atoms with Crippen LogP contribution in [0.3, 0.4) is 0 Å². The zero-order valence-electron chi connectivity index (χ0n) is 12.1. The van der Waals surface area contributed by atoms with Crippen LogP contribution in [0.15, 0.2) is 18.2 Å². The Kier molecular flexibility index (Phi) is 4.80. The third kappa shape index (κ3) is 3.95. The number of carboxylic acid groups (broad SMARTS) is 1. The van der Waals surface area contributed by atoms with Gasteiger partial charge in [0.1, 0.15) is 11.5 Å². The number of methoxy groups -OCH3 is 2. The second kappa shape index (κ2) is 6.58. The highest BCUT2D eigenvalue weighted by atomic mass is 16.5. The summed E-state index contributed by atoms with van der Waals surface area (Å²) in [6, 6.07) is 4.37. The van der Waals surface area contributed by atoms with Gasteiger partial charge in [0.2, 0.25) is 0 Å². The van der Waals surface area contributed by atoms with Crippen LogP contribution in [0.1, 0.15) is 29.6 Å². The summed E-state index contributed by atoms with van der Waals surface area (Å²) < 4.78 is 10.3. The first-order valence-corrected chi connectivity index (χ1v) is 6.79. The van der Waals surface area contributed by atoms with Crippen LogP contribution in [0, 0.1) is 0 Å². The van der Waals surface area contributed by atoms with Gasteiger partial charge in [-0.25, -0.2) is 0 Å². The number of hydrogen-bond acceptors (Lipinski definition) is 5. The quantitative estimate of drug-likeness (QED) is 0.706. The van der Waals surface area contributed by atoms with Crippen LogP contribution in [-0.2, 0) is 4.79 Å². The molecule has 0 aliphatic heterocycles. The number of carbonyl (C=O) groups excluding carboxylic acids is 1. The highest BCUT2D eigenvalue weighted by Crippen LogP contribution is 2.27. The molecule has 0 aromatic heterocycles. The molecule has 1 aliphatic rings. The Morgan fingerprint density at radius 1 is 1.33 bits per heavy atom. The fourth-order valence-electron chi connectivity index (χ4n) is 2.13. The lowest BCUT2D eigenvalue weighted by atomic mass is 10.00. The molecule has 114 valence electrons. The number of rotatable bonds is 8. The summed E-state index contributed by atoms with van der Waals surface area (Å²) in [7, 11) is 2.99. The fourth-order valence-corrected chi connectivity index (χ4v) is 2.13. The molecule has 21 heavy (non-hydrogen) atoms. The van der Waals surface area contributed by atoms with Gasteiger partial charge >= 0.3 is 5.97 Å². The summed E-state index contributed by atoms with van der Waals surface area (Å²) in [6.45, 7) is 0. The molecule has 0 amide bonds. The molecule has 1 aromatic carbocycles. The van der Waals surface area contributed by atoms with Gasteiger partial charge in [-0.3, -0.25) is 9.59 Å². The van der Waals surface area contributed by atoms with Crippen molar-refractivity contribution >= 4 is 11.8 Å². The first kappa shape index (κ1) is 15.3. The number of carboxylic acids is 1. The van der Waals surface area contributed by atoms with Crippen LogP contribution in [0.2, 0.25) is 0 Å². The van der Waals surface area contributed by atoms with E-state index in [4.69, 9.17) is 14.6 Å². The Morgan fingerprint density at radius 3 is 2.57 bits per heavy atom. The van der Waals surface area contributed by atoms with E-state index in [1.807, 2.05) is 0 Å². The lowest BCUT2D eigenvalue weighted by Gasteiger charge is -2.17. The molecule has 1 fully saturated rings. The number of ketones is 1. The van der Waals surface area contributed by atoms with E-state index >= 15 is 0 Å². The van der Waals surface area contributed by atoms with Crippen molar-refractivity contribution in [2.75, 3.05) is 14.2 Å². The fraction of sp³-hybridized carbons (Fsp3) is 0.467. The summed E-state index contributed by atoms with van der Waals surface area (Å²) >= 11 is 0. The molecule has 0 bridgehead atoms. The molecular formula is C15H19NO5. The van der Waals surface area contributed by atoms with Crippen molar-refractivity contribution in [3.8, 4) is 11.5 Å². The molecular weight excluding hydrogens is 274 g/mol. The molecule has 1 atom stereocenters. The number of nitrogens with one attached hydrogen (secondary N) is 1. The minimum atomic E-state index is -1.01. The maximum atomic E-state index is 12.6. The van der Waals surface area contributed by atoms with Crippen molar-refractivity contribution in [2.45, 2.75) is 31.3 Å². The van der Waals surface area contributed by atoms with Crippen molar-refractivity contribution in [1.29, 1.82) is 0 Å². The molecule has 0 heterocycles. The zero-order valence-corrected chi connectivity index (χ0v) is 12.1. The van der Waals surface area contributed by atoms with E-state index in [1.165, 1.54) is 14.2 Å².